The molecule has 0 heterocycles. The van der Waals surface area contributed by atoms with E-state index < -0.39 is 5.97 Å². The smallest absolute Gasteiger partial charge is 0.338 e. The molecule has 6 heteroatoms. The molecule has 2 aromatic carbocycles. The van der Waals surface area contributed by atoms with E-state index in [1.807, 2.05) is 39.0 Å². The van der Waals surface area contributed by atoms with Crippen molar-refractivity contribution in [2.75, 3.05) is 25.1 Å². The van der Waals surface area contributed by atoms with E-state index in [-0.39, 0.29) is 12.5 Å². The highest BCUT2D eigenvalue weighted by molar-refractivity contribution is 5.96. The first kappa shape index (κ1) is 22.3. The fraction of sp³-hybridized carbons (Fsp3) is 0.391. The van der Waals surface area contributed by atoms with Crippen LogP contribution in [0.1, 0.15) is 48.2 Å². The van der Waals surface area contributed by atoms with Crippen LogP contribution >= 0.6 is 0 Å². The summed E-state index contributed by atoms with van der Waals surface area (Å²) in [7, 11) is 0. The molecule has 0 saturated carbocycles. The summed E-state index contributed by atoms with van der Waals surface area (Å²) in [6.07, 6.45) is 1.96. The van der Waals surface area contributed by atoms with Crippen molar-refractivity contribution in [3.63, 3.8) is 0 Å². The van der Waals surface area contributed by atoms with Gasteiger partial charge in [0.25, 0.3) is 5.91 Å². The van der Waals surface area contributed by atoms with E-state index in [2.05, 4.69) is 12.2 Å². The monoisotopic (exact) mass is 399 g/mol. The second-order valence-electron chi connectivity index (χ2n) is 6.69. The molecule has 0 atom stereocenters. The van der Waals surface area contributed by atoms with Crippen LogP contribution in [0.15, 0.2) is 36.4 Å². The van der Waals surface area contributed by atoms with E-state index in [0.717, 1.165) is 29.7 Å². The highest BCUT2D eigenvalue weighted by Crippen LogP contribution is 2.29. The lowest BCUT2D eigenvalue weighted by Gasteiger charge is -2.13. The zero-order valence-corrected chi connectivity index (χ0v) is 17.5. The third kappa shape index (κ3) is 6.52. The quantitative estimate of drug-likeness (QED) is 0.464. The van der Waals surface area contributed by atoms with Crippen LogP contribution in [0.4, 0.5) is 5.69 Å². The van der Waals surface area contributed by atoms with Crippen LogP contribution in [0.3, 0.4) is 0 Å². The minimum absolute atomic E-state index is 0.302. The number of anilines is 1. The van der Waals surface area contributed by atoms with Crippen molar-refractivity contribution in [3.05, 3.63) is 53.1 Å². The highest BCUT2D eigenvalue weighted by atomic mass is 16.5. The van der Waals surface area contributed by atoms with Gasteiger partial charge in [0.15, 0.2) is 18.1 Å². The lowest BCUT2D eigenvalue weighted by molar-refractivity contribution is -0.119. The van der Waals surface area contributed by atoms with E-state index in [9.17, 15) is 9.59 Å². The fourth-order valence-electron chi connectivity index (χ4n) is 2.75. The van der Waals surface area contributed by atoms with Crippen molar-refractivity contribution in [1.82, 2.24) is 0 Å². The number of carbonyl (C=O) groups excluding carboxylic acids is 2. The zero-order valence-electron chi connectivity index (χ0n) is 17.5. The van der Waals surface area contributed by atoms with Gasteiger partial charge in [-0.3, -0.25) is 4.79 Å². The van der Waals surface area contributed by atoms with E-state index in [4.69, 9.17) is 14.2 Å². The molecule has 0 aliphatic carbocycles. The topological polar surface area (TPSA) is 73.9 Å². The van der Waals surface area contributed by atoms with Gasteiger partial charge < -0.3 is 19.5 Å². The maximum Gasteiger partial charge on any atom is 0.338 e. The van der Waals surface area contributed by atoms with Crippen molar-refractivity contribution in [1.29, 1.82) is 0 Å². The second kappa shape index (κ2) is 11.1. The summed E-state index contributed by atoms with van der Waals surface area (Å²) >= 11 is 0. The average Bonchev–Trinajstić information content (AvgIpc) is 2.70. The number of aryl methyl sites for hydroxylation is 2. The Kier molecular flexibility index (Phi) is 8.52. The van der Waals surface area contributed by atoms with Crippen molar-refractivity contribution in [3.8, 4) is 11.5 Å². The van der Waals surface area contributed by atoms with Gasteiger partial charge in [0, 0.05) is 5.69 Å². The molecule has 0 bridgehead atoms. The number of benzene rings is 2. The SMILES string of the molecule is CCCCOc1ccc(C(=O)OCC(=O)Nc2c(C)cccc2C)cc1OCC. The van der Waals surface area contributed by atoms with Crippen LogP contribution in [0.2, 0.25) is 0 Å². The van der Waals surface area contributed by atoms with Crippen LogP contribution in [-0.2, 0) is 9.53 Å². The van der Waals surface area contributed by atoms with Crippen LogP contribution in [0, 0.1) is 13.8 Å². The Balaban J connectivity index is 1.98. The second-order valence-corrected chi connectivity index (χ2v) is 6.69. The molecular formula is C23H29NO5. The minimum Gasteiger partial charge on any atom is -0.490 e. The van der Waals surface area contributed by atoms with Gasteiger partial charge in [-0.1, -0.05) is 31.5 Å². The molecule has 156 valence electrons. The number of hydrogen-bond donors (Lipinski definition) is 1. The number of carbonyl (C=O) groups is 2. The van der Waals surface area contributed by atoms with Crippen LogP contribution in [-0.4, -0.2) is 31.7 Å². The summed E-state index contributed by atoms with van der Waals surface area (Å²) < 4.78 is 16.5. The summed E-state index contributed by atoms with van der Waals surface area (Å²) in [4.78, 5) is 24.6. The Morgan fingerprint density at radius 1 is 0.966 bits per heavy atom. The standard InChI is InChI=1S/C23H29NO5/c1-5-7-13-28-19-12-11-18(14-20(19)27-6-2)23(26)29-15-21(25)24-22-16(3)9-8-10-17(22)4/h8-12,14H,5-7,13,15H2,1-4H3,(H,24,25). The zero-order chi connectivity index (χ0) is 21.2. The van der Waals surface area contributed by atoms with E-state index in [1.165, 1.54) is 0 Å². The molecule has 2 aromatic rings. The Bertz CT molecular complexity index is 827. The molecule has 0 aliphatic heterocycles. The molecule has 0 aliphatic rings. The summed E-state index contributed by atoms with van der Waals surface area (Å²) in [6.45, 7) is 8.42. The third-order valence-corrected chi connectivity index (χ3v) is 4.31. The lowest BCUT2D eigenvalue weighted by atomic mass is 10.1. The van der Waals surface area contributed by atoms with Gasteiger partial charge in [-0.05, 0) is 56.5 Å². The fourth-order valence-corrected chi connectivity index (χ4v) is 2.75. The predicted octanol–water partition coefficient (Wildman–Crippen LogP) is 4.68. The maximum absolute atomic E-state index is 12.4. The number of ether oxygens (including phenoxy) is 3. The van der Waals surface area contributed by atoms with Crippen LogP contribution in [0.5, 0.6) is 11.5 Å². The third-order valence-electron chi connectivity index (χ3n) is 4.31. The Morgan fingerprint density at radius 3 is 2.34 bits per heavy atom. The lowest BCUT2D eigenvalue weighted by Crippen LogP contribution is -2.21. The molecule has 29 heavy (non-hydrogen) atoms. The molecular weight excluding hydrogens is 370 g/mol. The number of nitrogens with one attached hydrogen (secondary N) is 1. The van der Waals surface area contributed by atoms with Gasteiger partial charge in [0.05, 0.1) is 18.8 Å². The number of hydrogen-bond acceptors (Lipinski definition) is 5. The van der Waals surface area contributed by atoms with Crippen molar-refractivity contribution < 1.29 is 23.8 Å². The summed E-state index contributed by atoms with van der Waals surface area (Å²) in [5.41, 5.74) is 2.94. The molecule has 6 nitrogen and oxygen atoms in total. The first-order valence-corrected chi connectivity index (χ1v) is 9.89. The summed E-state index contributed by atoms with van der Waals surface area (Å²) in [5, 5.41) is 2.79. The average molecular weight is 399 g/mol. The van der Waals surface area contributed by atoms with Gasteiger partial charge in [-0.2, -0.15) is 0 Å². The van der Waals surface area contributed by atoms with Crippen LogP contribution in [0.25, 0.3) is 0 Å². The van der Waals surface area contributed by atoms with Gasteiger partial charge in [0.1, 0.15) is 0 Å². The number of unbranched alkanes of at least 4 members (excludes halogenated alkanes) is 1. The molecule has 1 N–H and O–H groups in total. The number of rotatable bonds is 10. The molecule has 0 aromatic heterocycles. The molecule has 0 fully saturated rings. The molecule has 0 unspecified atom stereocenters. The Hall–Kier alpha value is -3.02. The maximum atomic E-state index is 12.4. The normalized spacial score (nSPS) is 10.3. The first-order chi connectivity index (χ1) is 14.0. The number of amides is 1. The number of esters is 1. The van der Waals surface area contributed by atoms with Gasteiger partial charge in [-0.15, -0.1) is 0 Å². The van der Waals surface area contributed by atoms with E-state index >= 15 is 0 Å². The van der Waals surface area contributed by atoms with Crippen molar-refractivity contribution in [2.45, 2.75) is 40.5 Å². The van der Waals surface area contributed by atoms with Crippen molar-refractivity contribution >= 4 is 17.6 Å². The van der Waals surface area contributed by atoms with Gasteiger partial charge in [0.2, 0.25) is 0 Å². The van der Waals surface area contributed by atoms with Crippen molar-refractivity contribution in [2.24, 2.45) is 0 Å². The Labute approximate surface area is 172 Å². The summed E-state index contributed by atoms with van der Waals surface area (Å²) in [6, 6.07) is 10.6. The molecule has 0 radical (unpaired) electrons. The van der Waals surface area contributed by atoms with Gasteiger partial charge >= 0.3 is 5.97 Å². The number of para-hydroxylation sites is 1. The van der Waals surface area contributed by atoms with E-state index in [1.54, 1.807) is 18.2 Å². The Morgan fingerprint density at radius 2 is 1.69 bits per heavy atom. The summed E-state index contributed by atoms with van der Waals surface area (Å²) in [5.74, 6) is 0.0886. The van der Waals surface area contributed by atoms with Gasteiger partial charge in [-0.25, -0.2) is 4.79 Å². The highest BCUT2D eigenvalue weighted by Gasteiger charge is 2.15. The minimum atomic E-state index is -0.595. The molecule has 0 saturated heterocycles. The molecule has 2 rings (SSSR count). The largest absolute Gasteiger partial charge is 0.490 e. The molecule has 0 spiro atoms. The predicted molar refractivity (Wildman–Crippen MR) is 113 cm³/mol. The van der Waals surface area contributed by atoms with E-state index in [0.29, 0.717) is 30.3 Å². The van der Waals surface area contributed by atoms with Crippen LogP contribution < -0.4 is 14.8 Å². The molecule has 1 amide bonds. The first-order valence-electron chi connectivity index (χ1n) is 9.89.